The molecule has 0 fully saturated rings. The molecule has 0 N–H and O–H groups in total. The topological polar surface area (TPSA) is 35.0 Å². The van der Waals surface area contributed by atoms with E-state index in [9.17, 15) is 4.39 Å². The summed E-state index contributed by atoms with van der Waals surface area (Å²) in [7, 11) is 0. The number of benzene rings is 1. The molecular weight excluding hydrogens is 303 g/mol. The molecule has 0 radical (unpaired) electrons. The first-order valence-corrected chi connectivity index (χ1v) is 8.98. The average Bonchev–Trinajstić information content (AvgIpc) is 2.61. The van der Waals surface area contributed by atoms with Crippen LogP contribution in [0.15, 0.2) is 30.6 Å². The molecule has 0 aliphatic carbocycles. The van der Waals surface area contributed by atoms with Gasteiger partial charge in [-0.2, -0.15) is 0 Å². The SMILES string of the molecule is CCCCCCc1cnc(-c2ccc(OCCCC)c(F)c2)nc1. The second-order valence-corrected chi connectivity index (χ2v) is 6.07. The highest BCUT2D eigenvalue weighted by atomic mass is 19.1. The third-order valence-electron chi connectivity index (χ3n) is 3.97. The molecule has 24 heavy (non-hydrogen) atoms. The maximum atomic E-state index is 14.1. The summed E-state index contributed by atoms with van der Waals surface area (Å²) >= 11 is 0. The Balaban J connectivity index is 1.97. The molecule has 0 atom stereocenters. The maximum Gasteiger partial charge on any atom is 0.165 e. The third kappa shape index (κ3) is 5.59. The normalized spacial score (nSPS) is 10.8. The van der Waals surface area contributed by atoms with Crippen molar-refractivity contribution < 1.29 is 9.13 Å². The molecule has 0 aliphatic rings. The third-order valence-corrected chi connectivity index (χ3v) is 3.97. The zero-order valence-electron chi connectivity index (χ0n) is 14.7. The maximum absolute atomic E-state index is 14.1. The van der Waals surface area contributed by atoms with Gasteiger partial charge in [-0.25, -0.2) is 14.4 Å². The van der Waals surface area contributed by atoms with Crippen LogP contribution in [0, 0.1) is 5.82 Å². The van der Waals surface area contributed by atoms with Crippen molar-refractivity contribution in [1.82, 2.24) is 9.97 Å². The van der Waals surface area contributed by atoms with Crippen molar-refractivity contribution in [3.63, 3.8) is 0 Å². The van der Waals surface area contributed by atoms with E-state index >= 15 is 0 Å². The number of halogens is 1. The van der Waals surface area contributed by atoms with Gasteiger partial charge in [0.05, 0.1) is 6.61 Å². The first-order chi connectivity index (χ1) is 11.7. The molecule has 1 heterocycles. The molecule has 0 amide bonds. The van der Waals surface area contributed by atoms with E-state index in [1.165, 1.54) is 25.3 Å². The van der Waals surface area contributed by atoms with Crippen LogP contribution in [0.2, 0.25) is 0 Å². The fraction of sp³-hybridized carbons (Fsp3) is 0.500. The molecular formula is C20H27FN2O. The molecule has 0 saturated carbocycles. The molecule has 0 aliphatic heterocycles. The van der Waals surface area contributed by atoms with Gasteiger partial charge in [0, 0.05) is 18.0 Å². The van der Waals surface area contributed by atoms with E-state index in [4.69, 9.17) is 4.74 Å². The number of aryl methyl sites for hydroxylation is 1. The van der Waals surface area contributed by atoms with Crippen molar-refractivity contribution in [3.8, 4) is 17.1 Å². The summed E-state index contributed by atoms with van der Waals surface area (Å²) in [4.78, 5) is 8.75. The number of ether oxygens (including phenoxy) is 1. The van der Waals surface area contributed by atoms with Crippen LogP contribution in [-0.4, -0.2) is 16.6 Å². The largest absolute Gasteiger partial charge is 0.491 e. The molecule has 2 aromatic rings. The van der Waals surface area contributed by atoms with Gasteiger partial charge in [-0.3, -0.25) is 0 Å². The Hall–Kier alpha value is -1.97. The number of hydrogen-bond acceptors (Lipinski definition) is 3. The van der Waals surface area contributed by atoms with Gasteiger partial charge in [-0.15, -0.1) is 0 Å². The fourth-order valence-corrected chi connectivity index (χ4v) is 2.47. The standard InChI is InChI=1S/C20H27FN2O/c1-3-5-7-8-9-16-14-22-20(23-15-16)17-10-11-19(18(21)13-17)24-12-6-4-2/h10-11,13-15H,3-9,12H2,1-2H3. The van der Waals surface area contributed by atoms with Crippen LogP contribution >= 0.6 is 0 Å². The molecule has 1 aromatic heterocycles. The zero-order valence-corrected chi connectivity index (χ0v) is 14.7. The Morgan fingerprint density at radius 3 is 2.38 bits per heavy atom. The lowest BCUT2D eigenvalue weighted by Gasteiger charge is -2.08. The second kappa shape index (κ2) is 10.0. The lowest BCUT2D eigenvalue weighted by atomic mass is 10.1. The number of aromatic nitrogens is 2. The second-order valence-electron chi connectivity index (χ2n) is 6.07. The molecule has 1 aromatic carbocycles. The Morgan fingerprint density at radius 2 is 1.71 bits per heavy atom. The van der Waals surface area contributed by atoms with E-state index in [0.717, 1.165) is 31.2 Å². The Kier molecular flexibility index (Phi) is 7.66. The van der Waals surface area contributed by atoms with Gasteiger partial charge in [-0.1, -0.05) is 39.5 Å². The van der Waals surface area contributed by atoms with Crippen molar-refractivity contribution in [3.05, 3.63) is 42.0 Å². The van der Waals surface area contributed by atoms with Crippen LogP contribution in [0.3, 0.4) is 0 Å². The highest BCUT2D eigenvalue weighted by Crippen LogP contribution is 2.23. The van der Waals surface area contributed by atoms with Gasteiger partial charge in [0.2, 0.25) is 0 Å². The highest BCUT2D eigenvalue weighted by Gasteiger charge is 2.08. The summed E-state index contributed by atoms with van der Waals surface area (Å²) in [5, 5.41) is 0. The quantitative estimate of drug-likeness (QED) is 0.533. The zero-order chi connectivity index (χ0) is 17.2. The Bertz CT molecular complexity index is 614. The van der Waals surface area contributed by atoms with Gasteiger partial charge in [0.1, 0.15) is 0 Å². The van der Waals surface area contributed by atoms with Crippen LogP contribution in [0.1, 0.15) is 57.9 Å². The van der Waals surface area contributed by atoms with Gasteiger partial charge < -0.3 is 4.74 Å². The van der Waals surface area contributed by atoms with Crippen molar-refractivity contribution in [2.75, 3.05) is 6.61 Å². The Morgan fingerprint density at radius 1 is 0.958 bits per heavy atom. The number of unbranched alkanes of at least 4 members (excludes halogenated alkanes) is 4. The number of nitrogens with zero attached hydrogens (tertiary/aromatic N) is 2. The van der Waals surface area contributed by atoms with Crippen molar-refractivity contribution in [2.45, 2.75) is 58.8 Å². The van der Waals surface area contributed by atoms with E-state index in [1.54, 1.807) is 12.1 Å². The highest BCUT2D eigenvalue weighted by molar-refractivity contribution is 5.56. The molecule has 130 valence electrons. The van der Waals surface area contributed by atoms with E-state index < -0.39 is 0 Å². The van der Waals surface area contributed by atoms with Gasteiger partial charge >= 0.3 is 0 Å². The molecule has 0 spiro atoms. The molecule has 0 unspecified atom stereocenters. The smallest absolute Gasteiger partial charge is 0.165 e. The molecule has 4 heteroatoms. The summed E-state index contributed by atoms with van der Waals surface area (Å²) in [5.74, 6) is 0.474. The molecule has 0 bridgehead atoms. The van der Waals surface area contributed by atoms with Gasteiger partial charge in [0.15, 0.2) is 17.4 Å². The van der Waals surface area contributed by atoms with Gasteiger partial charge in [0.25, 0.3) is 0 Å². The minimum Gasteiger partial charge on any atom is -0.491 e. The van der Waals surface area contributed by atoms with Crippen LogP contribution < -0.4 is 4.74 Å². The minimum atomic E-state index is -0.365. The van der Waals surface area contributed by atoms with Crippen LogP contribution in [0.5, 0.6) is 5.75 Å². The van der Waals surface area contributed by atoms with Crippen LogP contribution in [0.4, 0.5) is 4.39 Å². The van der Waals surface area contributed by atoms with E-state index in [2.05, 4.69) is 23.8 Å². The summed E-state index contributed by atoms with van der Waals surface area (Å²) in [6.07, 6.45) is 11.5. The van der Waals surface area contributed by atoms with Crippen molar-refractivity contribution >= 4 is 0 Å². The molecule has 3 nitrogen and oxygen atoms in total. The molecule has 0 saturated heterocycles. The van der Waals surface area contributed by atoms with E-state index in [1.807, 2.05) is 12.4 Å². The van der Waals surface area contributed by atoms with Crippen molar-refractivity contribution in [1.29, 1.82) is 0 Å². The summed E-state index contributed by atoms with van der Waals surface area (Å²) < 4.78 is 19.5. The number of hydrogen-bond donors (Lipinski definition) is 0. The summed E-state index contributed by atoms with van der Waals surface area (Å²) in [5.41, 5.74) is 1.81. The lowest BCUT2D eigenvalue weighted by molar-refractivity contribution is 0.294. The predicted molar refractivity (Wildman–Crippen MR) is 95.7 cm³/mol. The van der Waals surface area contributed by atoms with Crippen LogP contribution in [0.25, 0.3) is 11.4 Å². The predicted octanol–water partition coefficient (Wildman–Crippen LogP) is 5.58. The van der Waals surface area contributed by atoms with E-state index in [0.29, 0.717) is 23.7 Å². The fourth-order valence-electron chi connectivity index (χ4n) is 2.47. The summed E-state index contributed by atoms with van der Waals surface area (Å²) in [6.45, 7) is 4.82. The molecule has 2 rings (SSSR count). The van der Waals surface area contributed by atoms with Crippen LogP contribution in [-0.2, 0) is 6.42 Å². The average molecular weight is 330 g/mol. The van der Waals surface area contributed by atoms with Crippen molar-refractivity contribution in [2.24, 2.45) is 0 Å². The first-order valence-electron chi connectivity index (χ1n) is 8.98. The summed E-state index contributed by atoms with van der Waals surface area (Å²) in [6, 6.07) is 4.90. The lowest BCUT2D eigenvalue weighted by Crippen LogP contribution is -1.99. The monoisotopic (exact) mass is 330 g/mol. The van der Waals surface area contributed by atoms with Gasteiger partial charge in [-0.05, 0) is 43.0 Å². The number of rotatable bonds is 10. The Labute approximate surface area is 144 Å². The van der Waals surface area contributed by atoms with E-state index in [-0.39, 0.29) is 5.82 Å². The minimum absolute atomic E-state index is 0.291. The first kappa shape index (κ1) is 18.4.